The number of fused-ring (bicyclic) bond motifs is 1. The molecule has 0 saturated carbocycles. The molecule has 0 spiro atoms. The molecule has 1 aromatic heterocycles. The molecule has 1 aromatic carbocycles. The number of Topliss-reactive ketones (excluding diaryl/α,β-unsaturated/α-hetero) is 1. The molecule has 26 heavy (non-hydrogen) atoms. The van der Waals surface area contributed by atoms with Crippen molar-refractivity contribution in [3.63, 3.8) is 0 Å². The minimum atomic E-state index is -0.588. The van der Waals surface area contributed by atoms with Crippen molar-refractivity contribution in [3.8, 4) is 0 Å². The molecule has 2 aromatic rings. The van der Waals surface area contributed by atoms with Crippen molar-refractivity contribution in [1.29, 1.82) is 0 Å². The molecule has 0 amide bonds. The Morgan fingerprint density at radius 3 is 2.73 bits per heavy atom. The summed E-state index contributed by atoms with van der Waals surface area (Å²) in [6.45, 7) is 6.37. The van der Waals surface area contributed by atoms with E-state index in [4.69, 9.17) is 4.74 Å². The zero-order chi connectivity index (χ0) is 18.7. The first kappa shape index (κ1) is 18.5. The molecule has 5 heteroatoms. The number of aliphatic hydroxyl groups is 1. The molecule has 5 nitrogen and oxygen atoms in total. The number of aromatic nitrogens is 2. The monoisotopic (exact) mass is 354 g/mol. The summed E-state index contributed by atoms with van der Waals surface area (Å²) in [4.78, 5) is 13.0. The van der Waals surface area contributed by atoms with E-state index < -0.39 is 6.10 Å². The molecule has 1 unspecified atom stereocenters. The van der Waals surface area contributed by atoms with Crippen molar-refractivity contribution in [1.82, 2.24) is 9.78 Å². The van der Waals surface area contributed by atoms with Gasteiger partial charge in [-0.1, -0.05) is 43.8 Å². The Balaban J connectivity index is 1.96. The summed E-state index contributed by atoms with van der Waals surface area (Å²) in [6, 6.07) is 9.85. The highest BCUT2D eigenvalue weighted by Gasteiger charge is 2.38. The molecule has 1 N–H and O–H groups in total. The first-order valence-corrected chi connectivity index (χ1v) is 9.06. The number of hydrogen-bond acceptors (Lipinski definition) is 4. The molecular weight excluding hydrogens is 328 g/mol. The lowest BCUT2D eigenvalue weighted by Gasteiger charge is -2.31. The maximum Gasteiger partial charge on any atom is 0.187 e. The van der Waals surface area contributed by atoms with Crippen LogP contribution in [0.2, 0.25) is 0 Å². The van der Waals surface area contributed by atoms with E-state index in [1.54, 1.807) is 4.68 Å². The predicted octanol–water partition coefficient (Wildman–Crippen LogP) is 3.10. The topological polar surface area (TPSA) is 64.3 Å². The quantitative estimate of drug-likeness (QED) is 0.838. The molecule has 1 aliphatic carbocycles. The molecule has 1 heterocycles. The number of nitrogens with zero attached hydrogens (tertiary/aromatic N) is 2. The second kappa shape index (κ2) is 7.98. The van der Waals surface area contributed by atoms with Crippen molar-refractivity contribution < 1.29 is 14.6 Å². The fourth-order valence-corrected chi connectivity index (χ4v) is 3.83. The van der Waals surface area contributed by atoms with Gasteiger partial charge in [-0.3, -0.25) is 9.48 Å². The van der Waals surface area contributed by atoms with Gasteiger partial charge in [-0.15, -0.1) is 0 Å². The normalized spacial score (nSPS) is 23.4. The van der Waals surface area contributed by atoms with E-state index in [0.717, 1.165) is 23.2 Å². The number of rotatable bonds is 5. The fraction of sp³-hybridized carbons (Fsp3) is 0.429. The highest BCUT2D eigenvalue weighted by atomic mass is 16.5. The lowest BCUT2D eigenvalue weighted by Crippen LogP contribution is -2.35. The largest absolute Gasteiger partial charge is 0.396 e. The van der Waals surface area contributed by atoms with E-state index in [1.165, 1.54) is 0 Å². The van der Waals surface area contributed by atoms with Gasteiger partial charge in [0.1, 0.15) is 6.10 Å². The lowest BCUT2D eigenvalue weighted by atomic mass is 9.79. The Hall–Kier alpha value is -2.24. The zero-order valence-corrected chi connectivity index (χ0v) is 15.4. The fourth-order valence-electron chi connectivity index (χ4n) is 3.83. The van der Waals surface area contributed by atoms with Gasteiger partial charge in [0.15, 0.2) is 5.78 Å². The Labute approximate surface area is 154 Å². The third-order valence-electron chi connectivity index (χ3n) is 5.20. The maximum atomic E-state index is 13.0. The standard InChI is InChI=1S/C21H26N2O3/c1-4-17-18-11-22-23(3)19(18)16(12-24)10-14(2)20(25)21(17)26-13-15-8-6-5-7-9-15/h5-9,11,16-17,21,24H,2,4,10,12-13H2,1,3H3/t16-,17+,21?/m1/s1. The van der Waals surface area contributed by atoms with Crippen molar-refractivity contribution in [3.05, 3.63) is 65.5 Å². The van der Waals surface area contributed by atoms with Gasteiger partial charge in [0.25, 0.3) is 0 Å². The first-order valence-electron chi connectivity index (χ1n) is 9.06. The maximum absolute atomic E-state index is 13.0. The van der Waals surface area contributed by atoms with E-state index in [0.29, 0.717) is 18.6 Å². The summed E-state index contributed by atoms with van der Waals surface area (Å²) in [5.74, 6) is -0.347. The van der Waals surface area contributed by atoms with Crippen molar-refractivity contribution >= 4 is 5.78 Å². The number of hydrogen-bond donors (Lipinski definition) is 1. The van der Waals surface area contributed by atoms with E-state index in [9.17, 15) is 9.90 Å². The Kier molecular flexibility index (Phi) is 5.69. The molecule has 0 fully saturated rings. The van der Waals surface area contributed by atoms with Crippen LogP contribution in [0.15, 0.2) is 48.7 Å². The lowest BCUT2D eigenvalue weighted by molar-refractivity contribution is -0.129. The zero-order valence-electron chi connectivity index (χ0n) is 15.4. The summed E-state index contributed by atoms with van der Waals surface area (Å²) in [5, 5.41) is 14.2. The van der Waals surface area contributed by atoms with Crippen LogP contribution in [0.4, 0.5) is 0 Å². The number of carbonyl (C=O) groups excluding carboxylic acids is 1. The van der Waals surface area contributed by atoms with Crippen molar-refractivity contribution in [2.45, 2.75) is 44.3 Å². The molecular formula is C21H26N2O3. The van der Waals surface area contributed by atoms with E-state index in [2.05, 4.69) is 11.7 Å². The van der Waals surface area contributed by atoms with Crippen LogP contribution in [0.3, 0.4) is 0 Å². The second-order valence-electron chi connectivity index (χ2n) is 6.89. The number of ether oxygens (including phenoxy) is 1. The van der Waals surface area contributed by atoms with Gasteiger partial charge < -0.3 is 9.84 Å². The van der Waals surface area contributed by atoms with Gasteiger partial charge in [-0.2, -0.15) is 5.10 Å². The molecule has 1 aliphatic rings. The number of aliphatic hydroxyl groups excluding tert-OH is 1. The SMILES string of the molecule is C=C1C[C@H](CO)c2c(cnn2C)[C@H](CC)C(OCc2ccccc2)C1=O. The Morgan fingerprint density at radius 1 is 1.35 bits per heavy atom. The number of carbonyl (C=O) groups is 1. The van der Waals surface area contributed by atoms with Crippen LogP contribution in [-0.4, -0.2) is 33.4 Å². The number of ketones is 1. The minimum absolute atomic E-state index is 0.0369. The van der Waals surface area contributed by atoms with Crippen LogP contribution < -0.4 is 0 Å². The molecule has 0 bridgehead atoms. The third-order valence-corrected chi connectivity index (χ3v) is 5.20. The molecule has 0 radical (unpaired) electrons. The van der Waals surface area contributed by atoms with E-state index >= 15 is 0 Å². The van der Waals surface area contributed by atoms with Gasteiger partial charge in [-0.25, -0.2) is 0 Å². The summed E-state index contributed by atoms with van der Waals surface area (Å²) in [7, 11) is 1.88. The molecule has 0 aliphatic heterocycles. The molecule has 138 valence electrons. The second-order valence-corrected chi connectivity index (χ2v) is 6.89. The van der Waals surface area contributed by atoms with Crippen molar-refractivity contribution in [2.24, 2.45) is 7.05 Å². The van der Waals surface area contributed by atoms with Crippen LogP contribution in [0.5, 0.6) is 0 Å². The average Bonchev–Trinajstić information content (AvgIpc) is 3.03. The Morgan fingerprint density at radius 2 is 2.08 bits per heavy atom. The van der Waals surface area contributed by atoms with Crippen LogP contribution >= 0.6 is 0 Å². The number of aryl methyl sites for hydroxylation is 1. The van der Waals surface area contributed by atoms with Crippen molar-refractivity contribution in [2.75, 3.05) is 6.61 Å². The summed E-state index contributed by atoms with van der Waals surface area (Å²) in [5.41, 5.74) is 3.50. The molecule has 3 atom stereocenters. The highest BCUT2D eigenvalue weighted by Crippen LogP contribution is 2.38. The summed E-state index contributed by atoms with van der Waals surface area (Å²) < 4.78 is 7.92. The minimum Gasteiger partial charge on any atom is -0.396 e. The molecule has 3 rings (SSSR count). The van der Waals surface area contributed by atoms with Crippen LogP contribution in [0.1, 0.15) is 48.4 Å². The Bertz CT molecular complexity index is 782. The van der Waals surface area contributed by atoms with Crippen LogP contribution in [0, 0.1) is 0 Å². The molecule has 0 saturated heterocycles. The van der Waals surface area contributed by atoms with Gasteiger partial charge in [0.05, 0.1) is 19.4 Å². The average molecular weight is 354 g/mol. The first-order chi connectivity index (χ1) is 12.6. The highest BCUT2D eigenvalue weighted by molar-refractivity contribution is 5.99. The van der Waals surface area contributed by atoms with Crippen LogP contribution in [-0.2, 0) is 23.2 Å². The van der Waals surface area contributed by atoms with Gasteiger partial charge in [0, 0.05) is 24.6 Å². The third kappa shape index (κ3) is 3.50. The van der Waals surface area contributed by atoms with Gasteiger partial charge in [-0.05, 0) is 29.5 Å². The smallest absolute Gasteiger partial charge is 0.187 e. The number of benzene rings is 1. The van der Waals surface area contributed by atoms with E-state index in [-0.39, 0.29) is 24.2 Å². The van der Waals surface area contributed by atoms with Crippen LogP contribution in [0.25, 0.3) is 0 Å². The predicted molar refractivity (Wildman–Crippen MR) is 99.8 cm³/mol. The van der Waals surface area contributed by atoms with E-state index in [1.807, 2.05) is 50.5 Å². The van der Waals surface area contributed by atoms with Gasteiger partial charge >= 0.3 is 0 Å². The summed E-state index contributed by atoms with van der Waals surface area (Å²) >= 11 is 0. The summed E-state index contributed by atoms with van der Waals surface area (Å²) in [6.07, 6.45) is 2.39. The van der Waals surface area contributed by atoms with Gasteiger partial charge in [0.2, 0.25) is 0 Å².